The third kappa shape index (κ3) is 4.10. The van der Waals surface area contributed by atoms with Gasteiger partial charge in [-0.05, 0) is 25.1 Å². The smallest absolute Gasteiger partial charge is 0.297 e. The molecule has 0 aliphatic carbocycles. The Bertz CT molecular complexity index is 1000. The normalized spacial score (nSPS) is 15.8. The molecule has 148 valence electrons. The lowest BCUT2D eigenvalue weighted by molar-refractivity contribution is -0.385. The van der Waals surface area contributed by atoms with Crippen molar-refractivity contribution in [2.45, 2.75) is 24.5 Å². The van der Waals surface area contributed by atoms with Gasteiger partial charge in [-0.25, -0.2) is 0 Å². The summed E-state index contributed by atoms with van der Waals surface area (Å²) in [6, 6.07) is 8.68. The minimum absolute atomic E-state index is 0.00305. The second-order valence-electron chi connectivity index (χ2n) is 6.04. The molecule has 0 saturated carbocycles. The van der Waals surface area contributed by atoms with Gasteiger partial charge in [0.25, 0.3) is 15.8 Å². The highest BCUT2D eigenvalue weighted by Crippen LogP contribution is 2.40. The first-order valence-electron chi connectivity index (χ1n) is 8.17. The molecule has 1 atom stereocenters. The second kappa shape index (κ2) is 7.90. The van der Waals surface area contributed by atoms with Gasteiger partial charge in [0.05, 0.1) is 9.82 Å². The number of nitrogens with zero attached hydrogens (tertiary/aromatic N) is 2. The minimum Gasteiger partial charge on any atom is -0.486 e. The number of aryl methyl sites for hydroxylation is 1. The van der Waals surface area contributed by atoms with E-state index < -0.39 is 27.7 Å². The monoisotopic (exact) mass is 408 g/mol. The topological polar surface area (TPSA) is 134 Å². The Kier molecular flexibility index (Phi) is 5.56. The predicted molar refractivity (Wildman–Crippen MR) is 96.8 cm³/mol. The van der Waals surface area contributed by atoms with Gasteiger partial charge in [0, 0.05) is 6.07 Å². The molecule has 0 radical (unpaired) electrons. The van der Waals surface area contributed by atoms with Crippen LogP contribution in [-0.4, -0.2) is 32.7 Å². The van der Waals surface area contributed by atoms with Crippen LogP contribution in [0.5, 0.6) is 11.5 Å². The van der Waals surface area contributed by atoms with Crippen LogP contribution in [0.2, 0.25) is 0 Å². The molecule has 1 aliphatic heterocycles. The summed E-state index contributed by atoms with van der Waals surface area (Å²) in [6.07, 6.45) is -0.847. The maximum atomic E-state index is 12.3. The van der Waals surface area contributed by atoms with E-state index in [9.17, 15) is 23.4 Å². The molecule has 0 amide bonds. The number of ether oxygens (including phenoxy) is 2. The van der Waals surface area contributed by atoms with Crippen LogP contribution in [0.15, 0.2) is 46.5 Å². The van der Waals surface area contributed by atoms with Crippen molar-refractivity contribution in [3.8, 4) is 11.5 Å². The zero-order valence-corrected chi connectivity index (χ0v) is 15.5. The summed E-state index contributed by atoms with van der Waals surface area (Å²) in [5.74, 6) is 0.197. The first kappa shape index (κ1) is 19.7. The van der Waals surface area contributed by atoms with Gasteiger partial charge in [-0.15, -0.1) is 0 Å². The standard InChI is InChI=1S/C17H16N2O8S/c1-11-2-4-13(5-3-11)28(23,24)26-10-12-9-25-16-7-6-15(19(21)22)14(8-18-20)17(16)27-12/h2-7,12H,8-10H2,1H3/t12-/m1/s1. The molecule has 1 aliphatic rings. The number of rotatable bonds is 7. The van der Waals surface area contributed by atoms with Crippen molar-refractivity contribution in [1.82, 2.24) is 0 Å². The third-order valence-corrected chi connectivity index (χ3v) is 5.34. The molecule has 0 aromatic heterocycles. The molecule has 11 heteroatoms. The number of fused-ring (bicyclic) bond motifs is 1. The van der Waals surface area contributed by atoms with Crippen molar-refractivity contribution in [2.75, 3.05) is 13.2 Å². The van der Waals surface area contributed by atoms with E-state index in [2.05, 4.69) is 5.18 Å². The first-order valence-corrected chi connectivity index (χ1v) is 9.57. The van der Waals surface area contributed by atoms with E-state index in [0.717, 1.165) is 5.56 Å². The SMILES string of the molecule is Cc1ccc(S(=O)(=O)OC[C@H]2COc3ccc([N+](=O)[O-])c(CN=O)c3O2)cc1. The van der Waals surface area contributed by atoms with E-state index in [1.165, 1.54) is 24.3 Å². The summed E-state index contributed by atoms with van der Waals surface area (Å²) in [5, 5.41) is 13.9. The Balaban J connectivity index is 1.77. The molecule has 0 fully saturated rings. The fourth-order valence-electron chi connectivity index (χ4n) is 2.63. The van der Waals surface area contributed by atoms with Crippen LogP contribution in [0.1, 0.15) is 11.1 Å². The van der Waals surface area contributed by atoms with Crippen LogP contribution in [0.4, 0.5) is 5.69 Å². The summed E-state index contributed by atoms with van der Waals surface area (Å²) in [5.41, 5.74) is 0.525. The molecule has 0 unspecified atom stereocenters. The van der Waals surface area contributed by atoms with E-state index in [4.69, 9.17) is 13.7 Å². The molecule has 2 aromatic rings. The minimum atomic E-state index is -4.01. The number of hydrogen-bond donors (Lipinski definition) is 0. The molecule has 0 N–H and O–H groups in total. The lowest BCUT2D eigenvalue weighted by atomic mass is 10.1. The molecule has 10 nitrogen and oxygen atoms in total. The van der Waals surface area contributed by atoms with E-state index in [-0.39, 0.29) is 40.9 Å². The van der Waals surface area contributed by atoms with Crippen LogP contribution in [0.3, 0.4) is 0 Å². The van der Waals surface area contributed by atoms with Crippen molar-refractivity contribution in [3.63, 3.8) is 0 Å². The van der Waals surface area contributed by atoms with E-state index in [1.54, 1.807) is 12.1 Å². The van der Waals surface area contributed by atoms with Gasteiger partial charge in [0.2, 0.25) is 0 Å². The fraction of sp³-hybridized carbons (Fsp3) is 0.294. The highest BCUT2D eigenvalue weighted by atomic mass is 32.2. The van der Waals surface area contributed by atoms with Gasteiger partial charge in [0.1, 0.15) is 25.3 Å². The van der Waals surface area contributed by atoms with Crippen LogP contribution in [0, 0.1) is 21.9 Å². The third-order valence-electron chi connectivity index (χ3n) is 4.05. The van der Waals surface area contributed by atoms with Crippen molar-refractivity contribution in [2.24, 2.45) is 5.18 Å². The Labute approximate surface area is 160 Å². The quantitative estimate of drug-likeness (QED) is 0.295. The Hall–Kier alpha value is -3.05. The van der Waals surface area contributed by atoms with E-state index in [0.29, 0.717) is 0 Å². The lowest BCUT2D eigenvalue weighted by Crippen LogP contribution is -2.34. The second-order valence-corrected chi connectivity index (χ2v) is 7.65. The van der Waals surface area contributed by atoms with E-state index in [1.807, 2.05) is 6.92 Å². The van der Waals surface area contributed by atoms with Crippen LogP contribution >= 0.6 is 0 Å². The number of nitro groups is 1. The van der Waals surface area contributed by atoms with Crippen molar-refractivity contribution < 1.29 is 27.0 Å². The van der Waals surface area contributed by atoms with Gasteiger partial charge in [0.15, 0.2) is 17.6 Å². The lowest BCUT2D eigenvalue weighted by Gasteiger charge is -2.27. The Morgan fingerprint density at radius 1 is 1.25 bits per heavy atom. The summed E-state index contributed by atoms with van der Waals surface area (Å²) in [4.78, 5) is 21.2. The summed E-state index contributed by atoms with van der Waals surface area (Å²) >= 11 is 0. The Morgan fingerprint density at radius 3 is 2.61 bits per heavy atom. The van der Waals surface area contributed by atoms with Crippen LogP contribution < -0.4 is 9.47 Å². The Morgan fingerprint density at radius 2 is 1.96 bits per heavy atom. The maximum absolute atomic E-state index is 12.3. The summed E-state index contributed by atoms with van der Waals surface area (Å²) < 4.78 is 40.7. The number of hydrogen-bond acceptors (Lipinski definition) is 9. The average Bonchev–Trinajstić information content (AvgIpc) is 2.67. The van der Waals surface area contributed by atoms with Gasteiger partial charge in [-0.1, -0.05) is 22.9 Å². The molecule has 2 aromatic carbocycles. The molecular formula is C17H16N2O8S. The van der Waals surface area contributed by atoms with Gasteiger partial charge in [-0.3, -0.25) is 14.3 Å². The highest BCUT2D eigenvalue weighted by molar-refractivity contribution is 7.86. The number of benzene rings is 2. The molecule has 0 bridgehead atoms. The van der Waals surface area contributed by atoms with Crippen molar-refractivity contribution in [1.29, 1.82) is 0 Å². The van der Waals surface area contributed by atoms with E-state index >= 15 is 0 Å². The molecule has 0 spiro atoms. The van der Waals surface area contributed by atoms with Crippen LogP contribution in [-0.2, 0) is 20.8 Å². The van der Waals surface area contributed by atoms with Gasteiger partial charge < -0.3 is 9.47 Å². The molecular weight excluding hydrogens is 392 g/mol. The van der Waals surface area contributed by atoms with Gasteiger partial charge >= 0.3 is 0 Å². The highest BCUT2D eigenvalue weighted by Gasteiger charge is 2.30. The largest absolute Gasteiger partial charge is 0.486 e. The fourth-order valence-corrected chi connectivity index (χ4v) is 3.57. The van der Waals surface area contributed by atoms with Crippen LogP contribution in [0.25, 0.3) is 0 Å². The average molecular weight is 408 g/mol. The zero-order chi connectivity index (χ0) is 20.3. The first-order chi connectivity index (χ1) is 13.3. The number of nitroso groups, excluding NO2 is 1. The zero-order valence-electron chi connectivity index (χ0n) is 14.7. The predicted octanol–water partition coefficient (Wildman–Crippen LogP) is 2.71. The number of nitro benzene ring substituents is 1. The summed E-state index contributed by atoms with van der Waals surface area (Å²) in [7, 11) is -4.01. The van der Waals surface area contributed by atoms with Gasteiger partial charge in [-0.2, -0.15) is 13.3 Å². The summed E-state index contributed by atoms with van der Waals surface area (Å²) in [6.45, 7) is 0.944. The van der Waals surface area contributed by atoms with Crippen molar-refractivity contribution >= 4 is 15.8 Å². The van der Waals surface area contributed by atoms with Crippen molar-refractivity contribution in [3.05, 3.63) is 62.5 Å². The maximum Gasteiger partial charge on any atom is 0.297 e. The molecule has 1 heterocycles. The molecule has 28 heavy (non-hydrogen) atoms. The molecule has 3 rings (SSSR count). The molecule has 0 saturated heterocycles.